The zero-order valence-electron chi connectivity index (χ0n) is 14.9. The Morgan fingerprint density at radius 3 is 2.35 bits per heavy atom. The summed E-state index contributed by atoms with van der Waals surface area (Å²) in [6, 6.07) is 13.1. The average Bonchev–Trinajstić information content (AvgIpc) is 2.67. The summed E-state index contributed by atoms with van der Waals surface area (Å²) < 4.78 is 5.69. The molecule has 0 saturated carbocycles. The van der Waals surface area contributed by atoms with E-state index in [0.29, 0.717) is 12.2 Å². The molecule has 0 aliphatic heterocycles. The molecular weight excluding hydrogens is 330 g/mol. The molecule has 2 aromatic carbocycles. The number of ketones is 1. The highest BCUT2D eigenvalue weighted by Crippen LogP contribution is 2.16. The number of nitrogens with zero attached hydrogens (tertiary/aromatic N) is 1. The lowest BCUT2D eigenvalue weighted by Crippen LogP contribution is -1.97. The monoisotopic (exact) mass is 353 g/mol. The molecule has 0 heterocycles. The van der Waals surface area contributed by atoms with Crippen molar-refractivity contribution in [2.24, 2.45) is 0 Å². The number of benzene rings is 2. The highest BCUT2D eigenvalue weighted by Gasteiger charge is 2.07. The second kappa shape index (κ2) is 10.1. The summed E-state index contributed by atoms with van der Waals surface area (Å²) >= 11 is 0. The molecule has 0 bridgehead atoms. The minimum atomic E-state index is -0.489. The Kier molecular flexibility index (Phi) is 7.55. The summed E-state index contributed by atoms with van der Waals surface area (Å²) in [4.78, 5) is 22.3. The number of allylic oxidation sites excluding steroid dienone is 1. The molecule has 26 heavy (non-hydrogen) atoms. The standard InChI is InChI=1S/C21H23NO4/c1-2-3-4-5-16-26-20-13-6-17(7-14-20)8-15-21(23)18-9-11-19(12-10-18)22(24)25/h6-15H,2-5,16H2,1H3/b15-8+. The summed E-state index contributed by atoms with van der Waals surface area (Å²) in [5.74, 6) is 0.622. The van der Waals surface area contributed by atoms with E-state index in [1.165, 1.54) is 49.6 Å². The number of carbonyl (C=O) groups excluding carboxylic acids is 1. The maximum absolute atomic E-state index is 12.1. The number of non-ortho nitro benzene ring substituents is 1. The summed E-state index contributed by atoms with van der Waals surface area (Å²) in [5, 5.41) is 10.6. The van der Waals surface area contributed by atoms with Gasteiger partial charge >= 0.3 is 0 Å². The molecule has 0 N–H and O–H groups in total. The Hall–Kier alpha value is -2.95. The van der Waals surface area contributed by atoms with Crippen LogP contribution in [0.15, 0.2) is 54.6 Å². The maximum atomic E-state index is 12.1. The number of unbranched alkanes of at least 4 members (excludes halogenated alkanes) is 3. The maximum Gasteiger partial charge on any atom is 0.269 e. The molecule has 5 nitrogen and oxygen atoms in total. The lowest BCUT2D eigenvalue weighted by Gasteiger charge is -2.06. The van der Waals surface area contributed by atoms with E-state index in [0.717, 1.165) is 17.7 Å². The van der Waals surface area contributed by atoms with Gasteiger partial charge in [-0.2, -0.15) is 0 Å². The minimum Gasteiger partial charge on any atom is -0.494 e. The van der Waals surface area contributed by atoms with Crippen molar-refractivity contribution in [1.82, 2.24) is 0 Å². The molecule has 0 saturated heterocycles. The van der Waals surface area contributed by atoms with Gasteiger partial charge < -0.3 is 4.74 Å². The van der Waals surface area contributed by atoms with Gasteiger partial charge in [0.2, 0.25) is 0 Å². The molecule has 0 radical (unpaired) electrons. The van der Waals surface area contributed by atoms with Crippen molar-refractivity contribution in [3.63, 3.8) is 0 Å². The normalized spacial score (nSPS) is 10.8. The highest BCUT2D eigenvalue weighted by atomic mass is 16.6. The molecule has 0 spiro atoms. The fourth-order valence-corrected chi connectivity index (χ4v) is 2.41. The van der Waals surface area contributed by atoms with Gasteiger partial charge in [-0.25, -0.2) is 0 Å². The quantitative estimate of drug-likeness (QED) is 0.187. The zero-order chi connectivity index (χ0) is 18.8. The highest BCUT2D eigenvalue weighted by molar-refractivity contribution is 6.06. The van der Waals surface area contributed by atoms with E-state index in [1.54, 1.807) is 6.08 Å². The van der Waals surface area contributed by atoms with Gasteiger partial charge in [0.05, 0.1) is 11.5 Å². The third-order valence-corrected chi connectivity index (χ3v) is 3.94. The van der Waals surface area contributed by atoms with Crippen LogP contribution in [0.3, 0.4) is 0 Å². The van der Waals surface area contributed by atoms with E-state index in [2.05, 4.69) is 6.92 Å². The third kappa shape index (κ3) is 6.16. The third-order valence-electron chi connectivity index (χ3n) is 3.94. The van der Waals surface area contributed by atoms with Gasteiger partial charge in [-0.15, -0.1) is 0 Å². The molecular formula is C21H23NO4. The van der Waals surface area contributed by atoms with Crippen molar-refractivity contribution in [3.05, 3.63) is 75.8 Å². The Morgan fingerprint density at radius 1 is 1.04 bits per heavy atom. The van der Waals surface area contributed by atoms with Crippen LogP contribution < -0.4 is 4.74 Å². The number of hydrogen-bond acceptors (Lipinski definition) is 4. The summed E-state index contributed by atoms with van der Waals surface area (Å²) in [6.07, 6.45) is 7.85. The van der Waals surface area contributed by atoms with Gasteiger partial charge in [0.1, 0.15) is 5.75 Å². The van der Waals surface area contributed by atoms with E-state index in [-0.39, 0.29) is 11.5 Å². The van der Waals surface area contributed by atoms with Crippen LogP contribution >= 0.6 is 0 Å². The molecule has 0 fully saturated rings. The minimum absolute atomic E-state index is 0.0317. The van der Waals surface area contributed by atoms with Crippen LogP contribution in [-0.2, 0) is 0 Å². The number of hydrogen-bond donors (Lipinski definition) is 0. The molecule has 0 amide bonds. The van der Waals surface area contributed by atoms with Gasteiger partial charge in [-0.05, 0) is 42.3 Å². The molecule has 2 rings (SSSR count). The zero-order valence-corrected chi connectivity index (χ0v) is 14.9. The van der Waals surface area contributed by atoms with Crippen molar-refractivity contribution in [2.45, 2.75) is 32.6 Å². The molecule has 136 valence electrons. The Labute approximate surface area is 153 Å². The first-order valence-corrected chi connectivity index (χ1v) is 8.80. The molecule has 5 heteroatoms. The van der Waals surface area contributed by atoms with Crippen LogP contribution in [0.4, 0.5) is 5.69 Å². The molecule has 0 aromatic heterocycles. The molecule has 0 aliphatic rings. The fraction of sp³-hybridized carbons (Fsp3) is 0.286. The van der Waals surface area contributed by atoms with Crippen LogP contribution in [0, 0.1) is 10.1 Å². The number of ether oxygens (including phenoxy) is 1. The number of rotatable bonds is 10. The number of nitro benzene ring substituents is 1. The SMILES string of the molecule is CCCCCCOc1ccc(/C=C/C(=O)c2ccc([N+](=O)[O-])cc2)cc1. The number of carbonyl (C=O) groups is 1. The van der Waals surface area contributed by atoms with Gasteiger partial charge in [0, 0.05) is 17.7 Å². The van der Waals surface area contributed by atoms with Crippen molar-refractivity contribution < 1.29 is 14.5 Å². The van der Waals surface area contributed by atoms with Gasteiger partial charge in [-0.3, -0.25) is 14.9 Å². The van der Waals surface area contributed by atoms with Crippen LogP contribution in [0.5, 0.6) is 5.75 Å². The predicted octanol–water partition coefficient (Wildman–Crippen LogP) is 5.45. The Bertz CT molecular complexity index is 749. The lowest BCUT2D eigenvalue weighted by atomic mass is 10.1. The number of nitro groups is 1. The van der Waals surface area contributed by atoms with E-state index in [9.17, 15) is 14.9 Å². The second-order valence-corrected chi connectivity index (χ2v) is 5.98. The van der Waals surface area contributed by atoms with Crippen molar-refractivity contribution in [3.8, 4) is 5.75 Å². The first-order chi connectivity index (χ1) is 12.6. The van der Waals surface area contributed by atoms with E-state index < -0.39 is 4.92 Å². The average molecular weight is 353 g/mol. The fourth-order valence-electron chi connectivity index (χ4n) is 2.41. The second-order valence-electron chi connectivity index (χ2n) is 5.98. The van der Waals surface area contributed by atoms with Gasteiger partial charge in [-0.1, -0.05) is 44.4 Å². The molecule has 0 aliphatic carbocycles. The van der Waals surface area contributed by atoms with E-state index in [4.69, 9.17) is 4.74 Å². The summed E-state index contributed by atoms with van der Waals surface area (Å²) in [7, 11) is 0. The first-order valence-electron chi connectivity index (χ1n) is 8.80. The molecule has 0 atom stereocenters. The van der Waals surface area contributed by atoms with Crippen LogP contribution in [0.1, 0.15) is 48.5 Å². The molecule has 0 unspecified atom stereocenters. The van der Waals surface area contributed by atoms with Gasteiger partial charge in [0.25, 0.3) is 5.69 Å². The van der Waals surface area contributed by atoms with Crippen molar-refractivity contribution in [1.29, 1.82) is 0 Å². The smallest absolute Gasteiger partial charge is 0.269 e. The lowest BCUT2D eigenvalue weighted by molar-refractivity contribution is -0.384. The van der Waals surface area contributed by atoms with Crippen molar-refractivity contribution in [2.75, 3.05) is 6.61 Å². The van der Waals surface area contributed by atoms with Gasteiger partial charge in [0.15, 0.2) is 5.78 Å². The van der Waals surface area contributed by atoms with Crippen LogP contribution in [0.2, 0.25) is 0 Å². The molecule has 2 aromatic rings. The van der Waals surface area contributed by atoms with Crippen LogP contribution in [0.25, 0.3) is 6.08 Å². The summed E-state index contributed by atoms with van der Waals surface area (Å²) in [6.45, 7) is 2.90. The van der Waals surface area contributed by atoms with Crippen molar-refractivity contribution >= 4 is 17.5 Å². The summed E-state index contributed by atoms with van der Waals surface area (Å²) in [5.41, 5.74) is 1.27. The van der Waals surface area contributed by atoms with E-state index in [1.807, 2.05) is 24.3 Å². The van der Waals surface area contributed by atoms with E-state index >= 15 is 0 Å². The first kappa shape index (κ1) is 19.4. The Balaban J connectivity index is 1.87. The Morgan fingerprint density at radius 2 is 1.73 bits per heavy atom. The predicted molar refractivity (Wildman–Crippen MR) is 103 cm³/mol. The van der Waals surface area contributed by atoms with Crippen LogP contribution in [-0.4, -0.2) is 17.3 Å². The largest absolute Gasteiger partial charge is 0.494 e. The topological polar surface area (TPSA) is 69.4 Å².